The smallest absolute Gasteiger partial charge is 0.256 e. The highest BCUT2D eigenvalue weighted by Gasteiger charge is 2.24. The number of carbonyl (C=O) groups excluding carboxylic acids is 1. The van der Waals surface area contributed by atoms with E-state index in [0.29, 0.717) is 17.7 Å². The number of nitrogens with one attached hydrogen (secondary N) is 1. The van der Waals surface area contributed by atoms with E-state index in [2.05, 4.69) is 35.9 Å². The molecule has 0 fully saturated rings. The molecule has 0 aliphatic carbocycles. The lowest BCUT2D eigenvalue weighted by Crippen LogP contribution is -2.03. The lowest BCUT2D eigenvalue weighted by Gasteiger charge is -2.12. The molecular weight excluding hydrogens is 422 g/mol. The molecule has 2 heterocycles. The van der Waals surface area contributed by atoms with Gasteiger partial charge in [0.05, 0.1) is 11.6 Å². The fourth-order valence-electron chi connectivity index (χ4n) is 4.30. The molecular formula is C29H23N3O2. The first kappa shape index (κ1) is 21.3. The van der Waals surface area contributed by atoms with Crippen molar-refractivity contribution in [2.75, 3.05) is 5.32 Å². The molecule has 0 spiro atoms. The topological polar surface area (TPSA) is 67.1 Å². The van der Waals surface area contributed by atoms with E-state index in [4.69, 9.17) is 10.00 Å². The van der Waals surface area contributed by atoms with Gasteiger partial charge in [-0.15, -0.1) is 0 Å². The summed E-state index contributed by atoms with van der Waals surface area (Å²) >= 11 is 0. The number of aromatic nitrogens is 1. The van der Waals surface area contributed by atoms with Crippen LogP contribution in [-0.4, -0.2) is 10.5 Å². The van der Waals surface area contributed by atoms with Crippen molar-refractivity contribution in [1.29, 1.82) is 5.26 Å². The highest BCUT2D eigenvalue weighted by molar-refractivity contribution is 6.34. The predicted molar refractivity (Wildman–Crippen MR) is 134 cm³/mol. The molecule has 1 N–H and O–H groups in total. The normalized spacial score (nSPS) is 13.4. The molecule has 1 aromatic heterocycles. The summed E-state index contributed by atoms with van der Waals surface area (Å²) in [4.78, 5) is 12.5. The van der Waals surface area contributed by atoms with Crippen molar-refractivity contribution in [3.8, 4) is 17.5 Å². The Kier molecular flexibility index (Phi) is 5.49. The summed E-state index contributed by atoms with van der Waals surface area (Å²) in [7, 11) is 0. The van der Waals surface area contributed by atoms with Crippen molar-refractivity contribution < 1.29 is 9.53 Å². The second kappa shape index (κ2) is 8.76. The second-order valence-corrected chi connectivity index (χ2v) is 8.31. The van der Waals surface area contributed by atoms with Gasteiger partial charge in [0, 0.05) is 33.9 Å². The zero-order valence-corrected chi connectivity index (χ0v) is 19.0. The molecule has 5 nitrogen and oxygen atoms in total. The van der Waals surface area contributed by atoms with E-state index >= 15 is 0 Å². The first-order valence-corrected chi connectivity index (χ1v) is 11.1. The minimum Gasteiger partial charge on any atom is -0.489 e. The third-order valence-electron chi connectivity index (χ3n) is 6.06. The van der Waals surface area contributed by atoms with Gasteiger partial charge in [-0.25, -0.2) is 0 Å². The van der Waals surface area contributed by atoms with Crippen LogP contribution in [0.4, 0.5) is 5.69 Å². The molecule has 0 bridgehead atoms. The Labute approximate surface area is 198 Å². The molecule has 3 aromatic carbocycles. The Hall–Kier alpha value is -4.56. The first-order valence-electron chi connectivity index (χ1n) is 11.1. The average Bonchev–Trinajstić information content (AvgIpc) is 3.33. The molecule has 0 saturated carbocycles. The number of amides is 1. The number of anilines is 1. The van der Waals surface area contributed by atoms with Gasteiger partial charge in [-0.1, -0.05) is 30.3 Å². The van der Waals surface area contributed by atoms with Crippen LogP contribution in [0, 0.1) is 25.2 Å². The van der Waals surface area contributed by atoms with E-state index in [0.717, 1.165) is 45.2 Å². The number of nitrogens with zero attached hydrogens (tertiary/aromatic N) is 2. The molecule has 0 saturated heterocycles. The molecule has 1 amide bonds. The Morgan fingerprint density at radius 1 is 1.00 bits per heavy atom. The van der Waals surface area contributed by atoms with Gasteiger partial charge in [0.15, 0.2) is 0 Å². The van der Waals surface area contributed by atoms with E-state index < -0.39 is 0 Å². The number of rotatable bonds is 5. The largest absolute Gasteiger partial charge is 0.489 e. The van der Waals surface area contributed by atoms with Crippen LogP contribution in [0.2, 0.25) is 0 Å². The standard InChI is InChI=1S/C29H23N3O2/c1-19-15-23(16-27-26-5-3-4-6-28(26)31-29(27)33)20(2)32(19)24-11-13-25(14-12-24)34-18-22-9-7-21(17-30)8-10-22/h3-16H,18H2,1-2H3,(H,31,33)/b27-16+. The highest BCUT2D eigenvalue weighted by Crippen LogP contribution is 2.34. The summed E-state index contributed by atoms with van der Waals surface area (Å²) in [6.07, 6.45) is 1.97. The number of hydrogen-bond acceptors (Lipinski definition) is 3. The molecule has 34 heavy (non-hydrogen) atoms. The van der Waals surface area contributed by atoms with Crippen molar-refractivity contribution in [2.24, 2.45) is 0 Å². The van der Waals surface area contributed by atoms with Gasteiger partial charge in [0.2, 0.25) is 0 Å². The van der Waals surface area contributed by atoms with Crippen molar-refractivity contribution in [3.05, 3.63) is 113 Å². The van der Waals surface area contributed by atoms with Gasteiger partial charge in [0.1, 0.15) is 12.4 Å². The fourth-order valence-corrected chi connectivity index (χ4v) is 4.30. The fraction of sp³-hybridized carbons (Fsp3) is 0.103. The van der Waals surface area contributed by atoms with Crippen LogP contribution in [0.5, 0.6) is 5.75 Å². The Bertz CT molecular complexity index is 1450. The highest BCUT2D eigenvalue weighted by atomic mass is 16.5. The maximum absolute atomic E-state index is 12.5. The minimum absolute atomic E-state index is 0.0743. The number of aryl methyl sites for hydroxylation is 1. The van der Waals surface area contributed by atoms with Crippen LogP contribution >= 0.6 is 0 Å². The first-order chi connectivity index (χ1) is 16.5. The molecule has 5 rings (SSSR count). The van der Waals surface area contributed by atoms with E-state index in [-0.39, 0.29) is 5.91 Å². The number of benzene rings is 3. The summed E-state index contributed by atoms with van der Waals surface area (Å²) in [5.41, 5.74) is 8.30. The summed E-state index contributed by atoms with van der Waals surface area (Å²) < 4.78 is 8.09. The number of para-hydroxylation sites is 1. The predicted octanol–water partition coefficient (Wildman–Crippen LogP) is 6.04. The van der Waals surface area contributed by atoms with Gasteiger partial charge in [0.25, 0.3) is 5.91 Å². The van der Waals surface area contributed by atoms with E-state index in [1.807, 2.05) is 66.7 Å². The summed E-state index contributed by atoms with van der Waals surface area (Å²) in [5, 5.41) is 11.8. The lowest BCUT2D eigenvalue weighted by molar-refractivity contribution is -0.110. The van der Waals surface area contributed by atoms with Gasteiger partial charge >= 0.3 is 0 Å². The lowest BCUT2D eigenvalue weighted by atomic mass is 10.0. The number of ether oxygens (including phenoxy) is 1. The van der Waals surface area contributed by atoms with Gasteiger partial charge in [-0.3, -0.25) is 4.79 Å². The monoisotopic (exact) mass is 445 g/mol. The molecule has 4 aromatic rings. The van der Waals surface area contributed by atoms with Gasteiger partial charge < -0.3 is 14.6 Å². The summed E-state index contributed by atoms with van der Waals surface area (Å²) in [6, 6.07) is 27.3. The molecule has 0 unspecified atom stereocenters. The average molecular weight is 446 g/mol. The van der Waals surface area contributed by atoms with E-state index in [1.54, 1.807) is 12.1 Å². The Morgan fingerprint density at radius 2 is 1.74 bits per heavy atom. The van der Waals surface area contributed by atoms with Gasteiger partial charge in [-0.05, 0) is 79.6 Å². The summed E-state index contributed by atoms with van der Waals surface area (Å²) in [6.45, 7) is 4.56. The zero-order chi connectivity index (χ0) is 23.7. The van der Waals surface area contributed by atoms with E-state index in [9.17, 15) is 4.79 Å². The van der Waals surface area contributed by atoms with Crippen LogP contribution in [0.25, 0.3) is 17.3 Å². The molecule has 5 heteroatoms. The summed E-state index contributed by atoms with van der Waals surface area (Å²) in [5.74, 6) is 0.701. The quantitative estimate of drug-likeness (QED) is 0.381. The maximum atomic E-state index is 12.5. The molecule has 0 atom stereocenters. The number of fused-ring (bicyclic) bond motifs is 1. The van der Waals surface area contributed by atoms with Crippen molar-refractivity contribution in [2.45, 2.75) is 20.5 Å². The Balaban J connectivity index is 1.37. The van der Waals surface area contributed by atoms with Crippen LogP contribution in [0.3, 0.4) is 0 Å². The number of hydrogen-bond donors (Lipinski definition) is 1. The van der Waals surface area contributed by atoms with Crippen LogP contribution in [-0.2, 0) is 11.4 Å². The number of nitriles is 1. The molecule has 0 radical (unpaired) electrons. The molecule has 1 aliphatic rings. The molecule has 166 valence electrons. The van der Waals surface area contributed by atoms with Crippen LogP contribution < -0.4 is 10.1 Å². The molecule has 1 aliphatic heterocycles. The van der Waals surface area contributed by atoms with Crippen molar-refractivity contribution in [3.63, 3.8) is 0 Å². The third-order valence-corrected chi connectivity index (χ3v) is 6.06. The second-order valence-electron chi connectivity index (χ2n) is 8.31. The van der Waals surface area contributed by atoms with Crippen LogP contribution in [0.15, 0.2) is 78.9 Å². The third kappa shape index (κ3) is 3.98. The number of carbonyl (C=O) groups is 1. The van der Waals surface area contributed by atoms with Crippen molar-refractivity contribution >= 4 is 23.2 Å². The van der Waals surface area contributed by atoms with Gasteiger partial charge in [-0.2, -0.15) is 5.26 Å². The Morgan fingerprint density at radius 3 is 2.47 bits per heavy atom. The zero-order valence-electron chi connectivity index (χ0n) is 19.0. The minimum atomic E-state index is -0.0743. The SMILES string of the molecule is Cc1cc(/C=C2/C(=O)Nc3ccccc32)c(C)n1-c1ccc(OCc2ccc(C#N)cc2)cc1. The van der Waals surface area contributed by atoms with Crippen LogP contribution in [0.1, 0.15) is 33.6 Å². The van der Waals surface area contributed by atoms with E-state index in [1.165, 1.54) is 0 Å². The maximum Gasteiger partial charge on any atom is 0.256 e. The van der Waals surface area contributed by atoms with Crippen molar-refractivity contribution in [1.82, 2.24) is 4.57 Å².